The number of carbonyl (C=O) groups excluding carboxylic acids is 2. The maximum absolute atomic E-state index is 14.4. The van der Waals surface area contributed by atoms with Gasteiger partial charge in [0.25, 0.3) is 0 Å². The minimum Gasteiger partial charge on any atom is -0.497 e. The van der Waals surface area contributed by atoms with E-state index < -0.39 is 23.2 Å². The molecule has 2 bridgehead atoms. The summed E-state index contributed by atoms with van der Waals surface area (Å²) in [5.74, 6) is 0.815. The van der Waals surface area contributed by atoms with Crippen LogP contribution in [0, 0.1) is 5.41 Å². The second kappa shape index (κ2) is 16.7. The predicted octanol–water partition coefficient (Wildman–Crippen LogP) is 8.66. The van der Waals surface area contributed by atoms with Crippen LogP contribution in [0.2, 0.25) is 0 Å². The molecule has 1 saturated carbocycles. The molecule has 1 amide bonds. The fourth-order valence-corrected chi connectivity index (χ4v) is 8.44. The van der Waals surface area contributed by atoms with Crippen LogP contribution in [0.25, 0.3) is 10.8 Å². The smallest absolute Gasteiger partial charge is 0.415 e. The predicted molar refractivity (Wildman–Crippen MR) is 208 cm³/mol. The van der Waals surface area contributed by atoms with Crippen LogP contribution in [0.15, 0.2) is 96.6 Å². The number of benzene rings is 4. The number of ketones is 1. The Hall–Kier alpha value is -4.50. The molecule has 53 heavy (non-hydrogen) atoms. The number of rotatable bonds is 10. The number of aliphatic hydroxyl groups is 2. The molecule has 3 aliphatic carbocycles. The maximum atomic E-state index is 14.4. The van der Waals surface area contributed by atoms with E-state index in [-0.39, 0.29) is 18.2 Å². The molecule has 0 saturated heterocycles. The molecule has 0 aromatic heterocycles. The van der Waals surface area contributed by atoms with Gasteiger partial charge in [-0.05, 0) is 129 Å². The average Bonchev–Trinajstić information content (AvgIpc) is 3.41. The third-order valence-electron chi connectivity index (χ3n) is 11.7. The van der Waals surface area contributed by atoms with Crippen LogP contribution in [0.1, 0.15) is 91.8 Å². The van der Waals surface area contributed by atoms with E-state index in [1.165, 1.54) is 5.57 Å². The lowest BCUT2D eigenvalue weighted by Crippen LogP contribution is -2.54. The molecule has 1 fully saturated rings. The van der Waals surface area contributed by atoms with E-state index in [0.29, 0.717) is 80.7 Å². The summed E-state index contributed by atoms with van der Waals surface area (Å²) in [6.45, 7) is 5.10. The molecule has 8 heteroatoms. The number of hydrogen-bond donors (Lipinski definition) is 2. The Morgan fingerprint density at radius 2 is 1.66 bits per heavy atom. The largest absolute Gasteiger partial charge is 0.497 e. The first-order valence-electron chi connectivity index (χ1n) is 18.9. The summed E-state index contributed by atoms with van der Waals surface area (Å²) in [7, 11) is 3.23. The third kappa shape index (κ3) is 8.51. The van der Waals surface area contributed by atoms with Crippen molar-refractivity contribution in [2.24, 2.45) is 5.41 Å². The highest BCUT2D eigenvalue weighted by molar-refractivity contribution is 6.10. The Morgan fingerprint density at radius 3 is 2.42 bits per heavy atom. The van der Waals surface area contributed by atoms with E-state index in [0.717, 1.165) is 28.3 Å². The number of amides is 1. The van der Waals surface area contributed by atoms with Crippen molar-refractivity contribution in [2.45, 2.75) is 82.8 Å². The summed E-state index contributed by atoms with van der Waals surface area (Å²) in [5, 5.41) is 25.9. The Labute approximate surface area is 313 Å². The molecule has 3 aliphatic rings. The van der Waals surface area contributed by atoms with Gasteiger partial charge < -0.3 is 29.3 Å². The Balaban J connectivity index is 1.37. The van der Waals surface area contributed by atoms with Crippen molar-refractivity contribution in [3.63, 3.8) is 0 Å². The quantitative estimate of drug-likeness (QED) is 0.0961. The lowest BCUT2D eigenvalue weighted by atomic mass is 9.64. The van der Waals surface area contributed by atoms with Crippen LogP contribution in [-0.2, 0) is 11.2 Å². The number of methoxy groups -OCH3 is 2. The van der Waals surface area contributed by atoms with Crippen LogP contribution in [0.4, 0.5) is 4.79 Å². The number of ether oxygens (including phenoxy) is 3. The summed E-state index contributed by atoms with van der Waals surface area (Å²) in [4.78, 5) is 30.0. The lowest BCUT2D eigenvalue weighted by Gasteiger charge is -2.46. The molecule has 4 aromatic carbocycles. The van der Waals surface area contributed by atoms with Crippen LogP contribution >= 0.6 is 0 Å². The van der Waals surface area contributed by atoms with Gasteiger partial charge in [0.2, 0.25) is 0 Å². The highest BCUT2D eigenvalue weighted by Crippen LogP contribution is 2.59. The summed E-state index contributed by atoms with van der Waals surface area (Å²) < 4.78 is 16.7. The molecule has 0 aliphatic heterocycles. The van der Waals surface area contributed by atoms with Gasteiger partial charge in [-0.1, -0.05) is 61.0 Å². The molecule has 4 unspecified atom stereocenters. The van der Waals surface area contributed by atoms with E-state index in [1.807, 2.05) is 54.6 Å². The molecule has 0 heterocycles. The fourth-order valence-electron chi connectivity index (χ4n) is 8.44. The van der Waals surface area contributed by atoms with E-state index in [4.69, 9.17) is 14.2 Å². The normalized spacial score (nSPS) is 23.2. The first kappa shape index (κ1) is 38.2. The van der Waals surface area contributed by atoms with Crippen molar-refractivity contribution in [1.82, 2.24) is 4.90 Å². The highest BCUT2D eigenvalue weighted by Gasteiger charge is 2.57. The highest BCUT2D eigenvalue weighted by atomic mass is 16.6. The molecular formula is C45H53NO7. The van der Waals surface area contributed by atoms with Crippen molar-refractivity contribution in [3.8, 4) is 11.5 Å². The fraction of sp³-hybridized carbons (Fsp3) is 0.422. The second-order valence-electron chi connectivity index (χ2n) is 15.2. The summed E-state index contributed by atoms with van der Waals surface area (Å²) in [6.07, 6.45) is 5.98. The molecule has 280 valence electrons. The third-order valence-corrected chi connectivity index (χ3v) is 11.7. The van der Waals surface area contributed by atoms with Crippen LogP contribution < -0.4 is 9.47 Å². The molecule has 7 rings (SSSR count). The number of allylic oxidation sites excluding steroid dienone is 2. The molecular weight excluding hydrogens is 666 g/mol. The zero-order valence-corrected chi connectivity index (χ0v) is 31.5. The topological polar surface area (TPSA) is 106 Å². The maximum Gasteiger partial charge on any atom is 0.415 e. The van der Waals surface area contributed by atoms with Gasteiger partial charge in [0, 0.05) is 36.8 Å². The van der Waals surface area contributed by atoms with Crippen molar-refractivity contribution < 1.29 is 34.0 Å². The monoisotopic (exact) mass is 719 g/mol. The van der Waals surface area contributed by atoms with Crippen LogP contribution in [0.5, 0.6) is 11.5 Å². The first-order valence-corrected chi connectivity index (χ1v) is 18.9. The molecule has 4 aromatic rings. The number of fused-ring (bicyclic) bond motifs is 9. The number of aliphatic hydroxyl groups excluding tert-OH is 1. The van der Waals surface area contributed by atoms with Gasteiger partial charge in [0.05, 0.1) is 25.4 Å². The minimum atomic E-state index is -1.29. The number of carbonyl (C=O) groups is 2. The molecule has 2 N–H and O–H groups in total. The van der Waals surface area contributed by atoms with Crippen molar-refractivity contribution in [1.29, 1.82) is 0 Å². The number of nitrogens with zero attached hydrogens (tertiary/aromatic N) is 1. The van der Waals surface area contributed by atoms with Gasteiger partial charge in [-0.15, -0.1) is 0 Å². The van der Waals surface area contributed by atoms with Gasteiger partial charge in [0.1, 0.15) is 11.5 Å². The Morgan fingerprint density at radius 1 is 0.906 bits per heavy atom. The first-order chi connectivity index (χ1) is 25.5. The van der Waals surface area contributed by atoms with Gasteiger partial charge in [0.15, 0.2) is 5.78 Å². The van der Waals surface area contributed by atoms with Gasteiger partial charge in [-0.3, -0.25) is 4.79 Å². The lowest BCUT2D eigenvalue weighted by molar-refractivity contribution is -0.0795. The zero-order valence-electron chi connectivity index (χ0n) is 31.5. The molecule has 0 radical (unpaired) electrons. The molecule has 0 spiro atoms. The van der Waals surface area contributed by atoms with Crippen LogP contribution in [-0.4, -0.2) is 72.6 Å². The SMILES string of the molecule is COCCCN(CC1(O)CCC2c3ccc(cc3C(=O)c3ccc(OC)cc3)CC(O)CCC(C)=CCCC21C)C(=O)Oc1ccc2ccccc2c1. The van der Waals surface area contributed by atoms with Crippen molar-refractivity contribution in [2.75, 3.05) is 33.9 Å². The summed E-state index contributed by atoms with van der Waals surface area (Å²) >= 11 is 0. The standard InChI is InChI=1S/C45H53NO7/c1-31-9-7-23-44(2)41(39-21-13-32(27-36(47)17-12-31)28-40(39)42(48)34-15-18-37(52-4)19-16-34)22-24-45(44,50)30-46(25-8-26-51-3)43(49)53-38-20-14-33-10-5-6-11-35(33)29-38/h5-6,9-11,13-16,18-21,28-29,36,41,47,50H,7-8,12,17,22-27,30H2,1-4H3. The van der Waals surface area contributed by atoms with E-state index in [9.17, 15) is 19.8 Å². The Kier molecular flexibility index (Phi) is 12.0. The summed E-state index contributed by atoms with van der Waals surface area (Å²) in [5.41, 5.74) is 2.09. The number of hydrogen-bond acceptors (Lipinski definition) is 7. The van der Waals surface area contributed by atoms with E-state index in [2.05, 4.69) is 19.9 Å². The Bertz CT molecular complexity index is 1940. The average molecular weight is 720 g/mol. The van der Waals surface area contributed by atoms with Crippen LogP contribution in [0.3, 0.4) is 0 Å². The molecule has 4 atom stereocenters. The van der Waals surface area contributed by atoms with Gasteiger partial charge >= 0.3 is 6.09 Å². The van der Waals surface area contributed by atoms with E-state index in [1.54, 1.807) is 49.5 Å². The second-order valence-corrected chi connectivity index (χ2v) is 15.2. The van der Waals surface area contributed by atoms with Gasteiger partial charge in [-0.25, -0.2) is 4.79 Å². The molecule has 8 nitrogen and oxygen atoms in total. The minimum absolute atomic E-state index is 0.0743. The van der Waals surface area contributed by atoms with Crippen molar-refractivity contribution in [3.05, 3.63) is 119 Å². The van der Waals surface area contributed by atoms with E-state index >= 15 is 0 Å². The summed E-state index contributed by atoms with van der Waals surface area (Å²) in [6, 6.07) is 26.6. The van der Waals surface area contributed by atoms with Gasteiger partial charge in [-0.2, -0.15) is 0 Å². The van der Waals surface area contributed by atoms with Crippen molar-refractivity contribution >= 4 is 22.6 Å². The zero-order chi connectivity index (χ0) is 37.6.